The predicted octanol–water partition coefficient (Wildman–Crippen LogP) is 1.34. The quantitative estimate of drug-likeness (QED) is 0.890. The minimum atomic E-state index is -4.49. The molecule has 5 nitrogen and oxygen atoms in total. The third-order valence-electron chi connectivity index (χ3n) is 3.70. The zero-order valence-corrected chi connectivity index (χ0v) is 12.6. The summed E-state index contributed by atoms with van der Waals surface area (Å²) in [7, 11) is 0. The topological polar surface area (TPSA) is 66.6 Å². The highest BCUT2D eigenvalue weighted by atomic mass is 19.4. The lowest BCUT2D eigenvalue weighted by Crippen LogP contribution is -2.53. The molecule has 0 bridgehead atoms. The molecule has 0 aromatic heterocycles. The van der Waals surface area contributed by atoms with E-state index in [1.165, 1.54) is 17.0 Å². The summed E-state index contributed by atoms with van der Waals surface area (Å²) < 4.78 is 38.1. The Balaban J connectivity index is 2.04. The van der Waals surface area contributed by atoms with Crippen molar-refractivity contribution in [2.45, 2.75) is 19.1 Å². The van der Waals surface area contributed by atoms with Crippen LogP contribution in [-0.4, -0.2) is 53.8 Å². The number of benzene rings is 1. The van der Waals surface area contributed by atoms with E-state index in [9.17, 15) is 22.8 Å². The molecule has 0 spiro atoms. The van der Waals surface area contributed by atoms with E-state index in [-0.39, 0.29) is 24.6 Å². The Hall–Kier alpha value is -2.09. The summed E-state index contributed by atoms with van der Waals surface area (Å²) >= 11 is 0. The number of alkyl halides is 3. The van der Waals surface area contributed by atoms with E-state index in [1.807, 2.05) is 0 Å². The van der Waals surface area contributed by atoms with Crippen molar-refractivity contribution >= 4 is 11.8 Å². The number of hydrogen-bond acceptors (Lipinski definition) is 3. The average molecular weight is 329 g/mol. The van der Waals surface area contributed by atoms with Gasteiger partial charge < -0.3 is 15.5 Å². The van der Waals surface area contributed by atoms with Crippen molar-refractivity contribution in [3.05, 3.63) is 35.4 Å². The van der Waals surface area contributed by atoms with Gasteiger partial charge in [0, 0.05) is 31.7 Å². The lowest BCUT2D eigenvalue weighted by Gasteiger charge is -2.35. The molecule has 2 rings (SSSR count). The molecule has 2 amide bonds. The minimum Gasteiger partial charge on any atom is -0.338 e. The average Bonchev–Trinajstić information content (AvgIpc) is 2.53. The largest absolute Gasteiger partial charge is 0.416 e. The van der Waals surface area contributed by atoms with Crippen LogP contribution in [0.2, 0.25) is 0 Å². The van der Waals surface area contributed by atoms with Crippen LogP contribution in [0, 0.1) is 0 Å². The maximum Gasteiger partial charge on any atom is 0.416 e. The predicted molar refractivity (Wildman–Crippen MR) is 77.6 cm³/mol. The molecule has 0 saturated carbocycles. The molecule has 1 heterocycles. The van der Waals surface area contributed by atoms with Crippen molar-refractivity contribution in [3.63, 3.8) is 0 Å². The standard InChI is InChI=1S/C15H18F3N3O2/c1-10(19)13(22)20-5-7-21(8-6-20)14(23)11-3-2-4-12(9-11)15(16,17)18/h2-4,9-10H,5-8,19H2,1H3/t10-/m1/s1. The van der Waals surface area contributed by atoms with Gasteiger partial charge in [0.1, 0.15) is 0 Å². The summed E-state index contributed by atoms with van der Waals surface area (Å²) in [6, 6.07) is 3.74. The van der Waals surface area contributed by atoms with Gasteiger partial charge in [-0.3, -0.25) is 9.59 Å². The van der Waals surface area contributed by atoms with Crippen LogP contribution in [0.4, 0.5) is 13.2 Å². The maximum absolute atomic E-state index is 12.7. The molecule has 23 heavy (non-hydrogen) atoms. The van der Waals surface area contributed by atoms with Crippen molar-refractivity contribution < 1.29 is 22.8 Å². The number of halogens is 3. The van der Waals surface area contributed by atoms with Crippen molar-refractivity contribution in [2.75, 3.05) is 26.2 Å². The third-order valence-corrected chi connectivity index (χ3v) is 3.70. The van der Waals surface area contributed by atoms with Crippen LogP contribution >= 0.6 is 0 Å². The SMILES string of the molecule is C[C@@H](N)C(=O)N1CCN(C(=O)c2cccc(C(F)(F)F)c2)CC1. The summed E-state index contributed by atoms with van der Waals surface area (Å²) in [4.78, 5) is 27.1. The number of amides is 2. The Morgan fingerprint density at radius 2 is 1.70 bits per heavy atom. The Labute approximate surface area is 131 Å². The molecule has 2 N–H and O–H groups in total. The molecule has 1 aliphatic heterocycles. The first-order chi connectivity index (χ1) is 10.7. The first-order valence-electron chi connectivity index (χ1n) is 7.21. The fourth-order valence-electron chi connectivity index (χ4n) is 2.43. The van der Waals surface area contributed by atoms with Gasteiger partial charge in [0.2, 0.25) is 5.91 Å². The molecule has 1 aromatic carbocycles. The van der Waals surface area contributed by atoms with Gasteiger partial charge in [0.05, 0.1) is 11.6 Å². The lowest BCUT2D eigenvalue weighted by molar-refractivity contribution is -0.137. The maximum atomic E-state index is 12.7. The van der Waals surface area contributed by atoms with E-state index in [1.54, 1.807) is 11.8 Å². The number of nitrogens with two attached hydrogens (primary N) is 1. The number of rotatable bonds is 2. The molecule has 1 fully saturated rings. The zero-order chi connectivity index (χ0) is 17.2. The molecule has 8 heteroatoms. The molecule has 0 radical (unpaired) electrons. The zero-order valence-electron chi connectivity index (χ0n) is 12.6. The molecule has 1 aromatic rings. The second-order valence-electron chi connectivity index (χ2n) is 5.48. The fourth-order valence-corrected chi connectivity index (χ4v) is 2.43. The van der Waals surface area contributed by atoms with Crippen molar-refractivity contribution in [2.24, 2.45) is 5.73 Å². The van der Waals surface area contributed by atoms with E-state index < -0.39 is 23.7 Å². The van der Waals surface area contributed by atoms with Gasteiger partial charge in [-0.15, -0.1) is 0 Å². The molecule has 1 aliphatic rings. The van der Waals surface area contributed by atoms with Crippen LogP contribution in [0.15, 0.2) is 24.3 Å². The van der Waals surface area contributed by atoms with Gasteiger partial charge in [-0.2, -0.15) is 13.2 Å². The molecular weight excluding hydrogens is 311 g/mol. The number of carbonyl (C=O) groups is 2. The first kappa shape index (κ1) is 17.3. The molecule has 126 valence electrons. The fraction of sp³-hybridized carbons (Fsp3) is 0.467. The third kappa shape index (κ3) is 4.01. The second-order valence-corrected chi connectivity index (χ2v) is 5.48. The number of nitrogens with zero attached hydrogens (tertiary/aromatic N) is 2. The Morgan fingerprint density at radius 1 is 1.13 bits per heavy atom. The van der Waals surface area contributed by atoms with Crippen molar-refractivity contribution in [3.8, 4) is 0 Å². The summed E-state index contributed by atoms with van der Waals surface area (Å²) in [5.41, 5.74) is 4.67. The molecule has 0 aliphatic carbocycles. The first-order valence-corrected chi connectivity index (χ1v) is 7.21. The smallest absolute Gasteiger partial charge is 0.338 e. The van der Waals surface area contributed by atoms with Gasteiger partial charge in [0.25, 0.3) is 5.91 Å². The van der Waals surface area contributed by atoms with Crippen LogP contribution in [0.5, 0.6) is 0 Å². The van der Waals surface area contributed by atoms with Gasteiger partial charge in [0.15, 0.2) is 0 Å². The summed E-state index contributed by atoms with van der Waals surface area (Å²) in [6.07, 6.45) is -4.49. The number of hydrogen-bond donors (Lipinski definition) is 1. The highest BCUT2D eigenvalue weighted by molar-refractivity contribution is 5.94. The monoisotopic (exact) mass is 329 g/mol. The van der Waals surface area contributed by atoms with E-state index in [2.05, 4.69) is 0 Å². The Morgan fingerprint density at radius 3 is 2.22 bits per heavy atom. The summed E-state index contributed by atoms with van der Waals surface area (Å²) in [6.45, 7) is 2.78. The summed E-state index contributed by atoms with van der Waals surface area (Å²) in [5, 5.41) is 0. The lowest BCUT2D eigenvalue weighted by atomic mass is 10.1. The highest BCUT2D eigenvalue weighted by Crippen LogP contribution is 2.29. The molecule has 0 unspecified atom stereocenters. The van der Waals surface area contributed by atoms with E-state index in [0.717, 1.165) is 12.1 Å². The van der Waals surface area contributed by atoms with Gasteiger partial charge in [-0.05, 0) is 25.1 Å². The van der Waals surface area contributed by atoms with E-state index in [4.69, 9.17) is 5.73 Å². The molecule has 1 atom stereocenters. The van der Waals surface area contributed by atoms with Gasteiger partial charge >= 0.3 is 6.18 Å². The minimum absolute atomic E-state index is 0.00760. The van der Waals surface area contributed by atoms with Crippen LogP contribution < -0.4 is 5.73 Å². The van der Waals surface area contributed by atoms with Crippen LogP contribution in [-0.2, 0) is 11.0 Å². The van der Waals surface area contributed by atoms with Crippen LogP contribution in [0.1, 0.15) is 22.8 Å². The van der Waals surface area contributed by atoms with Crippen LogP contribution in [0.3, 0.4) is 0 Å². The van der Waals surface area contributed by atoms with Gasteiger partial charge in [-0.25, -0.2) is 0 Å². The van der Waals surface area contributed by atoms with E-state index in [0.29, 0.717) is 13.1 Å². The van der Waals surface area contributed by atoms with Crippen molar-refractivity contribution in [1.82, 2.24) is 9.80 Å². The number of piperazine rings is 1. The van der Waals surface area contributed by atoms with Crippen LogP contribution in [0.25, 0.3) is 0 Å². The summed E-state index contributed by atoms with van der Waals surface area (Å²) in [5.74, 6) is -0.667. The molecule has 1 saturated heterocycles. The van der Waals surface area contributed by atoms with Gasteiger partial charge in [-0.1, -0.05) is 6.07 Å². The second kappa shape index (κ2) is 6.57. The van der Waals surface area contributed by atoms with Crippen molar-refractivity contribution in [1.29, 1.82) is 0 Å². The Kier molecular flexibility index (Phi) is 4.93. The number of carbonyl (C=O) groups excluding carboxylic acids is 2. The molecular formula is C15H18F3N3O2. The highest BCUT2D eigenvalue weighted by Gasteiger charge is 2.32. The Bertz CT molecular complexity index is 594. The normalized spacial score (nSPS) is 17.1. The van der Waals surface area contributed by atoms with E-state index >= 15 is 0 Å².